The van der Waals surface area contributed by atoms with Gasteiger partial charge in [-0.3, -0.25) is 9.52 Å². The van der Waals surface area contributed by atoms with Crippen molar-refractivity contribution in [3.05, 3.63) is 35.9 Å². The van der Waals surface area contributed by atoms with Gasteiger partial charge in [0.25, 0.3) is 5.91 Å². The van der Waals surface area contributed by atoms with Crippen LogP contribution in [0, 0.1) is 5.92 Å². The predicted octanol–water partition coefficient (Wildman–Crippen LogP) is 5.39. The molecule has 1 aliphatic carbocycles. The molecule has 0 spiro atoms. The summed E-state index contributed by atoms with van der Waals surface area (Å²) >= 11 is 1.71. The van der Waals surface area contributed by atoms with Gasteiger partial charge in [0.15, 0.2) is 0 Å². The van der Waals surface area contributed by atoms with Gasteiger partial charge in [-0.15, -0.1) is 0 Å². The van der Waals surface area contributed by atoms with Gasteiger partial charge < -0.3 is 4.90 Å². The molecule has 1 aliphatic heterocycles. The molecule has 0 radical (unpaired) electrons. The average molecular weight is 355 g/mol. The van der Waals surface area contributed by atoms with Crippen LogP contribution in [0.2, 0.25) is 0 Å². The molecule has 2 aromatic carbocycles. The fraction of sp³-hybridized carbons (Fsp3) is 0.476. The molecule has 0 unspecified atom stereocenters. The highest BCUT2D eigenvalue weighted by Gasteiger charge is 2.29. The molecule has 132 valence electrons. The van der Waals surface area contributed by atoms with E-state index in [2.05, 4.69) is 22.9 Å². The van der Waals surface area contributed by atoms with Gasteiger partial charge in [-0.05, 0) is 54.8 Å². The van der Waals surface area contributed by atoms with Gasteiger partial charge in [-0.2, -0.15) is 0 Å². The van der Waals surface area contributed by atoms with E-state index in [-0.39, 0.29) is 5.91 Å². The summed E-state index contributed by atoms with van der Waals surface area (Å²) in [6, 6.07) is 10.4. The second kappa shape index (κ2) is 7.38. The number of anilines is 1. The van der Waals surface area contributed by atoms with E-state index in [4.69, 9.17) is 0 Å². The van der Waals surface area contributed by atoms with Crippen LogP contribution in [0.4, 0.5) is 5.69 Å². The minimum Gasteiger partial charge on any atom is -0.308 e. The van der Waals surface area contributed by atoms with Gasteiger partial charge in [-0.25, -0.2) is 0 Å². The van der Waals surface area contributed by atoms with Crippen molar-refractivity contribution in [2.24, 2.45) is 5.92 Å². The fourth-order valence-corrected chi connectivity index (χ4v) is 5.08. The molecule has 0 atom stereocenters. The number of amides is 1. The molecule has 3 nitrogen and oxygen atoms in total. The maximum absolute atomic E-state index is 12.6. The molecule has 1 saturated carbocycles. The van der Waals surface area contributed by atoms with Gasteiger partial charge in [0.2, 0.25) is 0 Å². The van der Waals surface area contributed by atoms with E-state index in [1.807, 2.05) is 24.0 Å². The molecule has 1 N–H and O–H groups in total. The first-order chi connectivity index (χ1) is 12.3. The maximum Gasteiger partial charge on any atom is 0.258 e. The highest BCUT2D eigenvalue weighted by Crippen LogP contribution is 2.40. The Morgan fingerprint density at radius 2 is 2.00 bits per heavy atom. The van der Waals surface area contributed by atoms with Crippen molar-refractivity contribution < 1.29 is 4.79 Å². The molecule has 2 aromatic rings. The van der Waals surface area contributed by atoms with Crippen molar-refractivity contribution in [1.29, 1.82) is 0 Å². The summed E-state index contributed by atoms with van der Waals surface area (Å²) in [7, 11) is 0. The highest BCUT2D eigenvalue weighted by molar-refractivity contribution is 7.97. The van der Waals surface area contributed by atoms with Gasteiger partial charge in [0.1, 0.15) is 0 Å². The zero-order valence-electron chi connectivity index (χ0n) is 14.9. The third kappa shape index (κ3) is 3.18. The Balaban J connectivity index is 1.48. The Labute approximate surface area is 154 Å². The van der Waals surface area contributed by atoms with E-state index in [1.165, 1.54) is 48.8 Å². The van der Waals surface area contributed by atoms with E-state index >= 15 is 0 Å². The molecule has 25 heavy (non-hydrogen) atoms. The Kier molecular flexibility index (Phi) is 5.00. The molecule has 1 heterocycles. The number of nitrogens with zero attached hydrogens (tertiary/aromatic N) is 1. The predicted molar refractivity (Wildman–Crippen MR) is 106 cm³/mol. The molecule has 4 rings (SSSR count). The summed E-state index contributed by atoms with van der Waals surface area (Å²) < 4.78 is 3.56. The Hall–Kier alpha value is -1.52. The van der Waals surface area contributed by atoms with Crippen molar-refractivity contribution in [2.75, 3.05) is 18.0 Å². The number of carbonyl (C=O) groups excluding carboxylic acids is 1. The molecule has 0 bridgehead atoms. The number of carbonyl (C=O) groups is 1. The molecule has 2 aliphatic rings. The fourth-order valence-electron chi connectivity index (χ4n) is 4.29. The Morgan fingerprint density at radius 3 is 2.80 bits per heavy atom. The first kappa shape index (κ1) is 16.9. The second-order valence-corrected chi connectivity index (χ2v) is 8.08. The first-order valence-electron chi connectivity index (χ1n) is 9.57. The lowest BCUT2D eigenvalue weighted by Crippen LogP contribution is -2.25. The van der Waals surface area contributed by atoms with E-state index in [1.54, 1.807) is 11.9 Å². The normalized spacial score (nSPS) is 17.6. The lowest BCUT2D eigenvalue weighted by Gasteiger charge is -2.21. The van der Waals surface area contributed by atoms with Crippen LogP contribution < -0.4 is 9.62 Å². The number of hydrogen-bond donors (Lipinski definition) is 1. The number of hydrogen-bond acceptors (Lipinski definition) is 3. The van der Waals surface area contributed by atoms with Gasteiger partial charge >= 0.3 is 0 Å². The molecular weight excluding hydrogens is 328 g/mol. The van der Waals surface area contributed by atoms with Crippen molar-refractivity contribution in [3.63, 3.8) is 0 Å². The summed E-state index contributed by atoms with van der Waals surface area (Å²) in [6.45, 7) is 3.80. The zero-order chi connectivity index (χ0) is 17.2. The van der Waals surface area contributed by atoms with Crippen LogP contribution in [-0.4, -0.2) is 19.0 Å². The standard InChI is InChI=1S/C21H26N2OS/c1-2-23-18-11-12-19(16-9-6-10-17(20(16)18)21(23)24)25-22-14-13-15-7-4-3-5-8-15/h6,9-12,15,22H,2-5,7-8,13-14H2,1H3. The van der Waals surface area contributed by atoms with Crippen molar-refractivity contribution in [1.82, 2.24) is 4.72 Å². The van der Waals surface area contributed by atoms with Gasteiger partial charge in [-0.1, -0.05) is 44.2 Å². The molecule has 1 fully saturated rings. The van der Waals surface area contributed by atoms with E-state index in [9.17, 15) is 4.79 Å². The van der Waals surface area contributed by atoms with E-state index < -0.39 is 0 Å². The molecule has 0 saturated heterocycles. The van der Waals surface area contributed by atoms with Crippen LogP contribution >= 0.6 is 11.9 Å². The molecule has 0 aromatic heterocycles. The van der Waals surface area contributed by atoms with Gasteiger partial charge in [0.05, 0.1) is 5.69 Å². The van der Waals surface area contributed by atoms with Crippen molar-refractivity contribution >= 4 is 34.3 Å². The maximum atomic E-state index is 12.6. The van der Waals surface area contributed by atoms with Crippen molar-refractivity contribution in [2.45, 2.75) is 50.3 Å². The third-order valence-corrected chi connectivity index (χ3v) is 6.55. The average Bonchev–Trinajstić information content (AvgIpc) is 2.94. The third-order valence-electron chi connectivity index (χ3n) is 5.62. The highest BCUT2D eigenvalue weighted by atomic mass is 32.2. The van der Waals surface area contributed by atoms with Gasteiger partial charge in [0, 0.05) is 28.9 Å². The summed E-state index contributed by atoms with van der Waals surface area (Å²) in [5, 5.41) is 2.31. The smallest absolute Gasteiger partial charge is 0.258 e. The number of rotatable bonds is 6. The minimum absolute atomic E-state index is 0.135. The lowest BCUT2D eigenvalue weighted by molar-refractivity contribution is 0.0994. The zero-order valence-corrected chi connectivity index (χ0v) is 15.7. The second-order valence-electron chi connectivity index (χ2n) is 7.15. The van der Waals surface area contributed by atoms with Crippen LogP contribution in [-0.2, 0) is 0 Å². The van der Waals surface area contributed by atoms with E-state index in [0.29, 0.717) is 0 Å². The minimum atomic E-state index is 0.135. The van der Waals surface area contributed by atoms with Crippen LogP contribution in [0.25, 0.3) is 10.8 Å². The molecule has 4 heteroatoms. The number of benzene rings is 2. The summed E-state index contributed by atoms with van der Waals surface area (Å²) in [6.07, 6.45) is 8.33. The summed E-state index contributed by atoms with van der Waals surface area (Å²) in [5.41, 5.74) is 1.91. The van der Waals surface area contributed by atoms with Crippen LogP contribution in [0.1, 0.15) is 55.8 Å². The largest absolute Gasteiger partial charge is 0.308 e. The Bertz CT molecular complexity index is 783. The summed E-state index contributed by atoms with van der Waals surface area (Å²) in [5.74, 6) is 1.04. The summed E-state index contributed by atoms with van der Waals surface area (Å²) in [4.78, 5) is 15.7. The van der Waals surface area contributed by atoms with Crippen LogP contribution in [0.3, 0.4) is 0 Å². The molecule has 1 amide bonds. The first-order valence-corrected chi connectivity index (χ1v) is 10.4. The monoisotopic (exact) mass is 354 g/mol. The van der Waals surface area contributed by atoms with Crippen molar-refractivity contribution in [3.8, 4) is 0 Å². The molecular formula is C21H26N2OS. The van der Waals surface area contributed by atoms with E-state index in [0.717, 1.165) is 35.6 Å². The van der Waals surface area contributed by atoms with Crippen LogP contribution in [0.5, 0.6) is 0 Å². The van der Waals surface area contributed by atoms with Crippen LogP contribution in [0.15, 0.2) is 35.2 Å². The topological polar surface area (TPSA) is 32.3 Å². The number of nitrogens with one attached hydrogen (secondary N) is 1. The lowest BCUT2D eigenvalue weighted by atomic mass is 9.87. The SMILES string of the molecule is CCN1C(=O)c2cccc3c(SNCCC4CCCCC4)ccc1c23. The quantitative estimate of drug-likeness (QED) is 0.558. The Morgan fingerprint density at radius 1 is 1.16 bits per heavy atom.